The van der Waals surface area contributed by atoms with Crippen LogP contribution >= 0.6 is 0 Å². The van der Waals surface area contributed by atoms with E-state index in [0.29, 0.717) is 19.6 Å². The van der Waals surface area contributed by atoms with Gasteiger partial charge in [-0.25, -0.2) is 0 Å². The number of esters is 1. The van der Waals surface area contributed by atoms with Gasteiger partial charge in [0.2, 0.25) is 0 Å². The van der Waals surface area contributed by atoms with Crippen LogP contribution in [0, 0.1) is 5.92 Å². The number of rotatable bonds is 12. The second kappa shape index (κ2) is 11.4. The van der Waals surface area contributed by atoms with E-state index in [1.807, 2.05) is 37.3 Å². The monoisotopic (exact) mass is 366 g/mol. The van der Waals surface area contributed by atoms with Crippen LogP contribution in [0.4, 0.5) is 0 Å². The summed E-state index contributed by atoms with van der Waals surface area (Å²) in [7, 11) is -0.353. The van der Waals surface area contributed by atoms with Gasteiger partial charge in [-0.2, -0.15) is 0 Å². The quantitative estimate of drug-likeness (QED) is 0.303. The molecule has 0 N–H and O–H groups in total. The van der Waals surface area contributed by atoms with Gasteiger partial charge in [0.15, 0.2) is 8.32 Å². The lowest BCUT2D eigenvalue weighted by molar-refractivity contribution is -0.148. The highest BCUT2D eigenvalue weighted by molar-refractivity contribution is 6.73. The van der Waals surface area contributed by atoms with Crippen molar-refractivity contribution in [2.75, 3.05) is 13.7 Å². The van der Waals surface area contributed by atoms with Crippen LogP contribution in [-0.4, -0.2) is 34.1 Å². The van der Waals surface area contributed by atoms with Gasteiger partial charge in [-0.15, -0.1) is 0 Å². The first kappa shape index (κ1) is 21.9. The van der Waals surface area contributed by atoms with Crippen molar-refractivity contribution in [2.24, 2.45) is 5.92 Å². The number of ether oxygens (including phenoxy) is 2. The van der Waals surface area contributed by atoms with Crippen molar-refractivity contribution in [3.63, 3.8) is 0 Å². The fourth-order valence-electron chi connectivity index (χ4n) is 3.03. The zero-order valence-electron chi connectivity index (χ0n) is 16.4. The number of hydrogen-bond donors (Lipinski definition) is 0. The van der Waals surface area contributed by atoms with Crippen molar-refractivity contribution in [3.05, 3.63) is 35.9 Å². The SMILES string of the molecule is CC[Si](CC)(CC)O[C@H](CCOCc1ccccc1)[C@H](C)C(=O)OC. The van der Waals surface area contributed by atoms with Crippen LogP contribution in [0.15, 0.2) is 30.3 Å². The maximum atomic E-state index is 12.0. The third kappa shape index (κ3) is 6.92. The normalized spacial score (nSPS) is 14.1. The Labute approximate surface area is 154 Å². The van der Waals surface area contributed by atoms with Crippen LogP contribution in [0.2, 0.25) is 18.1 Å². The Balaban J connectivity index is 2.65. The molecule has 1 aromatic rings. The van der Waals surface area contributed by atoms with Gasteiger partial charge in [-0.3, -0.25) is 4.79 Å². The first-order chi connectivity index (χ1) is 12.0. The molecule has 0 spiro atoms. The van der Waals surface area contributed by atoms with Crippen molar-refractivity contribution >= 4 is 14.3 Å². The van der Waals surface area contributed by atoms with Crippen LogP contribution in [0.5, 0.6) is 0 Å². The Morgan fingerprint density at radius 3 is 2.20 bits per heavy atom. The molecule has 0 unspecified atom stereocenters. The fraction of sp³-hybridized carbons (Fsp3) is 0.650. The minimum atomic E-state index is -1.79. The molecule has 142 valence electrons. The van der Waals surface area contributed by atoms with Gasteiger partial charge in [0.25, 0.3) is 0 Å². The summed E-state index contributed by atoms with van der Waals surface area (Å²) in [6, 6.07) is 13.3. The van der Waals surface area contributed by atoms with Gasteiger partial charge in [0.05, 0.1) is 25.7 Å². The molecule has 0 aromatic heterocycles. The molecule has 1 aromatic carbocycles. The van der Waals surface area contributed by atoms with E-state index in [-0.39, 0.29) is 18.0 Å². The Bertz CT molecular complexity index is 479. The molecule has 0 bridgehead atoms. The summed E-state index contributed by atoms with van der Waals surface area (Å²) in [4.78, 5) is 12.0. The molecule has 25 heavy (non-hydrogen) atoms. The lowest BCUT2D eigenvalue weighted by atomic mass is 10.0. The third-order valence-corrected chi connectivity index (χ3v) is 9.79. The standard InChI is InChI=1S/C20H34O4Si/c1-6-25(7-2,8-3)24-19(17(4)20(21)22-5)14-15-23-16-18-12-10-9-11-13-18/h9-13,17,19H,6-8,14-16H2,1-5H3/t17-,19+/m0/s1. The van der Waals surface area contributed by atoms with Crippen LogP contribution in [-0.2, 0) is 25.3 Å². The highest BCUT2D eigenvalue weighted by atomic mass is 28.4. The number of carbonyl (C=O) groups is 1. The number of benzene rings is 1. The van der Waals surface area contributed by atoms with Gasteiger partial charge in [-0.05, 0) is 37.0 Å². The van der Waals surface area contributed by atoms with Crippen molar-refractivity contribution in [2.45, 2.75) is 65.0 Å². The summed E-state index contributed by atoms with van der Waals surface area (Å²) < 4.78 is 17.3. The van der Waals surface area contributed by atoms with Crippen molar-refractivity contribution in [3.8, 4) is 0 Å². The highest BCUT2D eigenvalue weighted by Crippen LogP contribution is 2.27. The van der Waals surface area contributed by atoms with Gasteiger partial charge >= 0.3 is 5.97 Å². The predicted octanol–water partition coefficient (Wildman–Crippen LogP) is 4.79. The zero-order chi connectivity index (χ0) is 18.7. The molecule has 1 rings (SSSR count). The van der Waals surface area contributed by atoms with Crippen LogP contribution in [0.3, 0.4) is 0 Å². The average Bonchev–Trinajstić information content (AvgIpc) is 2.67. The Kier molecular flexibility index (Phi) is 10.0. The van der Waals surface area contributed by atoms with Crippen molar-refractivity contribution in [1.82, 2.24) is 0 Å². The summed E-state index contributed by atoms with van der Waals surface area (Å²) in [5, 5.41) is 0. The largest absolute Gasteiger partial charge is 0.469 e. The van der Waals surface area contributed by atoms with E-state index in [9.17, 15) is 4.79 Å². The summed E-state index contributed by atoms with van der Waals surface area (Å²) in [6.07, 6.45) is 0.562. The minimum absolute atomic E-state index is 0.144. The first-order valence-corrected chi connectivity index (χ1v) is 11.9. The molecular weight excluding hydrogens is 332 g/mol. The number of carbonyl (C=O) groups excluding carboxylic acids is 1. The van der Waals surface area contributed by atoms with Crippen molar-refractivity contribution < 1.29 is 18.7 Å². The molecule has 0 aliphatic carbocycles. The van der Waals surface area contributed by atoms with E-state index < -0.39 is 8.32 Å². The summed E-state index contributed by atoms with van der Waals surface area (Å²) in [5.74, 6) is -0.485. The average molecular weight is 367 g/mol. The Morgan fingerprint density at radius 1 is 1.08 bits per heavy atom. The van der Waals surface area contributed by atoms with Crippen LogP contribution in [0.25, 0.3) is 0 Å². The molecule has 0 aliphatic heterocycles. The third-order valence-electron chi connectivity index (χ3n) is 5.12. The molecule has 2 atom stereocenters. The maximum absolute atomic E-state index is 12.0. The number of hydrogen-bond acceptors (Lipinski definition) is 4. The zero-order valence-corrected chi connectivity index (χ0v) is 17.4. The molecule has 0 heterocycles. The van der Waals surface area contributed by atoms with Gasteiger partial charge < -0.3 is 13.9 Å². The van der Waals surface area contributed by atoms with Gasteiger partial charge in [0.1, 0.15) is 0 Å². The van der Waals surface area contributed by atoms with E-state index in [4.69, 9.17) is 13.9 Å². The summed E-state index contributed by atoms with van der Waals surface area (Å²) in [5.41, 5.74) is 1.15. The first-order valence-electron chi connectivity index (χ1n) is 9.39. The molecule has 0 amide bonds. The number of methoxy groups -OCH3 is 1. The molecule has 4 nitrogen and oxygen atoms in total. The van der Waals surface area contributed by atoms with Gasteiger partial charge in [-0.1, -0.05) is 51.1 Å². The predicted molar refractivity (Wildman–Crippen MR) is 104 cm³/mol. The van der Waals surface area contributed by atoms with E-state index in [1.54, 1.807) is 0 Å². The van der Waals surface area contributed by atoms with E-state index in [2.05, 4.69) is 20.8 Å². The molecule has 0 fully saturated rings. The smallest absolute Gasteiger partial charge is 0.310 e. The maximum Gasteiger partial charge on any atom is 0.310 e. The second-order valence-electron chi connectivity index (χ2n) is 6.54. The lowest BCUT2D eigenvalue weighted by Crippen LogP contribution is -2.44. The summed E-state index contributed by atoms with van der Waals surface area (Å²) >= 11 is 0. The molecule has 0 saturated heterocycles. The molecule has 0 radical (unpaired) electrons. The Hall–Kier alpha value is -1.17. The highest BCUT2D eigenvalue weighted by Gasteiger charge is 2.36. The minimum Gasteiger partial charge on any atom is -0.469 e. The van der Waals surface area contributed by atoms with E-state index in [1.165, 1.54) is 7.11 Å². The molecular formula is C20H34O4Si. The molecule has 0 saturated carbocycles. The molecule has 0 aliphatic rings. The van der Waals surface area contributed by atoms with Crippen LogP contribution < -0.4 is 0 Å². The second-order valence-corrected chi connectivity index (χ2v) is 11.3. The van der Waals surface area contributed by atoms with Gasteiger partial charge in [0, 0.05) is 6.61 Å². The molecule has 5 heteroatoms. The van der Waals surface area contributed by atoms with Crippen molar-refractivity contribution in [1.29, 1.82) is 0 Å². The fourth-order valence-corrected chi connectivity index (χ4v) is 6.00. The van der Waals surface area contributed by atoms with Crippen LogP contribution in [0.1, 0.15) is 39.7 Å². The summed E-state index contributed by atoms with van der Waals surface area (Å²) in [6.45, 7) is 9.65. The Morgan fingerprint density at radius 2 is 1.68 bits per heavy atom. The topological polar surface area (TPSA) is 44.8 Å². The lowest BCUT2D eigenvalue weighted by Gasteiger charge is -2.35. The van der Waals surface area contributed by atoms with E-state index >= 15 is 0 Å². The van der Waals surface area contributed by atoms with E-state index in [0.717, 1.165) is 23.7 Å².